The van der Waals surface area contributed by atoms with Gasteiger partial charge in [0, 0.05) is 32.6 Å². The van der Waals surface area contributed by atoms with Crippen LogP contribution in [0, 0.1) is 5.92 Å². The molecule has 9 heteroatoms. The van der Waals surface area contributed by atoms with E-state index in [2.05, 4.69) is 5.32 Å². The van der Waals surface area contributed by atoms with Crippen molar-refractivity contribution in [1.29, 1.82) is 0 Å². The minimum atomic E-state index is -4.80. The molecule has 0 saturated carbocycles. The lowest BCUT2D eigenvalue weighted by atomic mass is 10.1. The summed E-state index contributed by atoms with van der Waals surface area (Å²) < 4.78 is 42.1. The Kier molecular flexibility index (Phi) is 6.21. The summed E-state index contributed by atoms with van der Waals surface area (Å²) in [6.07, 6.45) is -4.77. The van der Waals surface area contributed by atoms with Crippen molar-refractivity contribution in [3.63, 3.8) is 0 Å². The van der Waals surface area contributed by atoms with E-state index in [1.54, 1.807) is 4.90 Å². The Morgan fingerprint density at radius 3 is 2.40 bits per heavy atom. The van der Waals surface area contributed by atoms with Crippen LogP contribution in [-0.4, -0.2) is 67.5 Å². The number of rotatable bonds is 6. The number of carboxylic acid groups (broad SMARTS) is 1. The first-order valence-corrected chi connectivity index (χ1v) is 6.18. The number of carbonyl (C=O) groups excluding carboxylic acids is 1. The number of carbonyl (C=O) groups is 2. The summed E-state index contributed by atoms with van der Waals surface area (Å²) in [6.45, 7) is 1.12. The van der Waals surface area contributed by atoms with Gasteiger partial charge in [0.15, 0.2) is 5.92 Å². The zero-order chi connectivity index (χ0) is 15.2. The predicted molar refractivity (Wildman–Crippen MR) is 62.1 cm³/mol. The summed E-state index contributed by atoms with van der Waals surface area (Å²) in [5.74, 6) is -4.56. The van der Waals surface area contributed by atoms with Gasteiger partial charge < -0.3 is 20.1 Å². The Hall–Kier alpha value is -1.35. The van der Waals surface area contributed by atoms with Crippen molar-refractivity contribution in [3.8, 4) is 0 Å². The second kappa shape index (κ2) is 7.44. The highest BCUT2D eigenvalue weighted by Gasteiger charge is 2.44. The van der Waals surface area contributed by atoms with Gasteiger partial charge in [-0.2, -0.15) is 13.2 Å². The fraction of sp³-hybridized carbons (Fsp3) is 0.818. The molecule has 0 bridgehead atoms. The maximum Gasteiger partial charge on any atom is 0.403 e. The average Bonchev–Trinajstić information content (AvgIpc) is 2.37. The first-order valence-electron chi connectivity index (χ1n) is 6.18. The number of hydrogen-bond acceptors (Lipinski definition) is 4. The van der Waals surface area contributed by atoms with Crippen LogP contribution in [0.4, 0.5) is 13.2 Å². The molecule has 0 radical (unpaired) electrons. The zero-order valence-electron chi connectivity index (χ0n) is 10.8. The van der Waals surface area contributed by atoms with Crippen LogP contribution in [0.1, 0.15) is 6.42 Å². The molecule has 20 heavy (non-hydrogen) atoms. The molecule has 6 nitrogen and oxygen atoms in total. The normalized spacial score (nSPS) is 17.9. The number of halogens is 3. The third-order valence-corrected chi connectivity index (χ3v) is 2.92. The van der Waals surface area contributed by atoms with Crippen LogP contribution < -0.4 is 5.32 Å². The maximum absolute atomic E-state index is 12.3. The molecule has 1 aliphatic heterocycles. The molecule has 0 aromatic carbocycles. The molecule has 1 saturated heterocycles. The summed E-state index contributed by atoms with van der Waals surface area (Å²) in [5, 5.41) is 10.8. The first-order chi connectivity index (χ1) is 9.32. The Morgan fingerprint density at radius 1 is 1.30 bits per heavy atom. The summed E-state index contributed by atoms with van der Waals surface area (Å²) >= 11 is 0. The van der Waals surface area contributed by atoms with Crippen LogP contribution in [0.5, 0.6) is 0 Å². The topological polar surface area (TPSA) is 78.9 Å². The van der Waals surface area contributed by atoms with E-state index >= 15 is 0 Å². The average molecular weight is 298 g/mol. The van der Waals surface area contributed by atoms with E-state index in [0.29, 0.717) is 26.3 Å². The molecule has 2 N–H and O–H groups in total. The Morgan fingerprint density at radius 2 is 1.90 bits per heavy atom. The van der Waals surface area contributed by atoms with Crippen molar-refractivity contribution in [2.24, 2.45) is 5.92 Å². The highest BCUT2D eigenvalue weighted by Crippen LogP contribution is 2.25. The molecule has 1 atom stereocenters. The summed E-state index contributed by atoms with van der Waals surface area (Å²) in [7, 11) is 0. The molecule has 1 rings (SSSR count). The number of morpholine rings is 1. The van der Waals surface area contributed by atoms with Crippen LogP contribution in [-0.2, 0) is 14.3 Å². The fourth-order valence-corrected chi connectivity index (χ4v) is 1.76. The van der Waals surface area contributed by atoms with Crippen LogP contribution >= 0.6 is 0 Å². The van der Waals surface area contributed by atoms with Gasteiger partial charge in [-0.3, -0.25) is 9.59 Å². The first kappa shape index (κ1) is 16.7. The molecule has 1 fully saturated rings. The zero-order valence-corrected chi connectivity index (χ0v) is 10.8. The summed E-state index contributed by atoms with van der Waals surface area (Å²) in [5.41, 5.74) is 0. The van der Waals surface area contributed by atoms with E-state index in [9.17, 15) is 22.8 Å². The van der Waals surface area contributed by atoms with Gasteiger partial charge in [-0.25, -0.2) is 0 Å². The van der Waals surface area contributed by atoms with E-state index in [0.717, 1.165) is 0 Å². The SMILES string of the molecule is O=C(O)C(CNCCC(=O)N1CCOCC1)C(F)(F)F. The van der Waals surface area contributed by atoms with Gasteiger partial charge >= 0.3 is 12.1 Å². The molecule has 1 amide bonds. The van der Waals surface area contributed by atoms with Crippen molar-refractivity contribution in [1.82, 2.24) is 10.2 Å². The van der Waals surface area contributed by atoms with Crippen molar-refractivity contribution in [3.05, 3.63) is 0 Å². The van der Waals surface area contributed by atoms with Crippen molar-refractivity contribution in [2.75, 3.05) is 39.4 Å². The van der Waals surface area contributed by atoms with E-state index in [-0.39, 0.29) is 18.9 Å². The Balaban J connectivity index is 2.26. The minimum Gasteiger partial charge on any atom is -0.481 e. The van der Waals surface area contributed by atoms with E-state index < -0.39 is 24.6 Å². The standard InChI is InChI=1S/C11H17F3N2O4/c12-11(13,14)8(10(18)19)7-15-2-1-9(17)16-3-5-20-6-4-16/h8,15H,1-7H2,(H,18,19). The highest BCUT2D eigenvalue weighted by atomic mass is 19.4. The predicted octanol–water partition coefficient (Wildman–Crippen LogP) is 0.0880. The van der Waals surface area contributed by atoms with Gasteiger partial charge in [-0.15, -0.1) is 0 Å². The number of ether oxygens (including phenoxy) is 1. The molecular formula is C11H17F3N2O4. The van der Waals surface area contributed by atoms with Gasteiger partial charge in [0.05, 0.1) is 13.2 Å². The fourth-order valence-electron chi connectivity index (χ4n) is 1.76. The molecule has 1 aliphatic rings. The number of nitrogens with one attached hydrogen (secondary N) is 1. The number of nitrogens with zero attached hydrogens (tertiary/aromatic N) is 1. The van der Waals surface area contributed by atoms with Gasteiger partial charge in [-0.1, -0.05) is 0 Å². The third kappa shape index (κ3) is 5.33. The van der Waals surface area contributed by atoms with E-state index in [1.807, 2.05) is 0 Å². The van der Waals surface area contributed by atoms with Gasteiger partial charge in [-0.05, 0) is 0 Å². The van der Waals surface area contributed by atoms with Crippen LogP contribution in [0.15, 0.2) is 0 Å². The quantitative estimate of drug-likeness (QED) is 0.679. The van der Waals surface area contributed by atoms with E-state index in [4.69, 9.17) is 9.84 Å². The molecular weight excluding hydrogens is 281 g/mol. The lowest BCUT2D eigenvalue weighted by Crippen LogP contribution is -2.43. The number of amides is 1. The van der Waals surface area contributed by atoms with Gasteiger partial charge in [0.25, 0.3) is 0 Å². The largest absolute Gasteiger partial charge is 0.481 e. The molecule has 0 aromatic rings. The smallest absolute Gasteiger partial charge is 0.403 e. The number of carboxylic acids is 1. The molecule has 0 aromatic heterocycles. The van der Waals surface area contributed by atoms with Gasteiger partial charge in [0.2, 0.25) is 5.91 Å². The van der Waals surface area contributed by atoms with Crippen LogP contribution in [0.3, 0.4) is 0 Å². The lowest BCUT2D eigenvalue weighted by molar-refractivity contribution is -0.192. The van der Waals surface area contributed by atoms with Crippen LogP contribution in [0.25, 0.3) is 0 Å². The summed E-state index contributed by atoms with van der Waals surface area (Å²) in [6, 6.07) is 0. The number of aliphatic carboxylic acids is 1. The second-order valence-corrected chi connectivity index (χ2v) is 4.38. The lowest BCUT2D eigenvalue weighted by Gasteiger charge is -2.27. The second-order valence-electron chi connectivity index (χ2n) is 4.38. The number of hydrogen-bond donors (Lipinski definition) is 2. The Labute approximate surface area is 113 Å². The third-order valence-electron chi connectivity index (χ3n) is 2.92. The highest BCUT2D eigenvalue weighted by molar-refractivity contribution is 5.76. The molecule has 116 valence electrons. The molecule has 1 heterocycles. The number of alkyl halides is 3. The van der Waals surface area contributed by atoms with Crippen molar-refractivity contribution in [2.45, 2.75) is 12.6 Å². The van der Waals surface area contributed by atoms with E-state index in [1.165, 1.54) is 0 Å². The van der Waals surface area contributed by atoms with Gasteiger partial charge in [0.1, 0.15) is 0 Å². The molecule has 1 unspecified atom stereocenters. The van der Waals surface area contributed by atoms with Crippen LogP contribution in [0.2, 0.25) is 0 Å². The monoisotopic (exact) mass is 298 g/mol. The molecule has 0 aliphatic carbocycles. The maximum atomic E-state index is 12.3. The summed E-state index contributed by atoms with van der Waals surface area (Å²) in [4.78, 5) is 23.7. The Bertz CT molecular complexity index is 343. The van der Waals surface area contributed by atoms with Crippen molar-refractivity contribution >= 4 is 11.9 Å². The molecule has 0 spiro atoms. The van der Waals surface area contributed by atoms with Crippen molar-refractivity contribution < 1.29 is 32.6 Å². The minimum absolute atomic E-state index is 0.00997.